The fraction of sp³-hybridized carbons (Fsp3) is 0.346. The van der Waals surface area contributed by atoms with Crippen LogP contribution in [0.1, 0.15) is 48.7 Å². The number of hydrazine groups is 1. The third-order valence-electron chi connectivity index (χ3n) is 5.84. The number of ether oxygens (including phenoxy) is 2. The van der Waals surface area contributed by atoms with Gasteiger partial charge in [-0.25, -0.2) is 14.5 Å². The minimum Gasteiger partial charge on any atom is -0.434 e. The first-order valence-electron chi connectivity index (χ1n) is 11.9. The maximum atomic E-state index is 13.2. The molecule has 37 heavy (non-hydrogen) atoms. The maximum Gasteiger partial charge on any atom is 0.513 e. The molecule has 198 valence electrons. The number of rotatable bonds is 7. The molecule has 0 unspecified atom stereocenters. The van der Waals surface area contributed by atoms with Crippen LogP contribution in [0.2, 0.25) is 10.0 Å². The second-order valence-corrected chi connectivity index (χ2v) is 9.39. The van der Waals surface area contributed by atoms with Crippen LogP contribution in [0.25, 0.3) is 16.9 Å². The zero-order valence-electron chi connectivity index (χ0n) is 20.6. The van der Waals surface area contributed by atoms with Crippen LogP contribution in [0.3, 0.4) is 0 Å². The minimum absolute atomic E-state index is 0. The first-order valence-corrected chi connectivity index (χ1v) is 12.7. The lowest BCUT2D eigenvalue weighted by Gasteiger charge is -2.26. The molecule has 1 aliphatic heterocycles. The summed E-state index contributed by atoms with van der Waals surface area (Å²) < 4.78 is 11.8. The number of nitrogens with one attached hydrogen (secondary N) is 1. The molecule has 2 aromatic carbocycles. The van der Waals surface area contributed by atoms with Gasteiger partial charge in [-0.3, -0.25) is 10.2 Å². The van der Waals surface area contributed by atoms with Gasteiger partial charge in [-0.05, 0) is 68.7 Å². The molecule has 0 atom stereocenters. The number of nitrogens with zero attached hydrogens (tertiary/aromatic N) is 3. The van der Waals surface area contributed by atoms with E-state index in [2.05, 4.69) is 10.5 Å². The maximum absolute atomic E-state index is 13.2. The van der Waals surface area contributed by atoms with E-state index in [0.717, 1.165) is 37.9 Å². The molecule has 1 amide bonds. The predicted molar refractivity (Wildman–Crippen MR) is 146 cm³/mol. The summed E-state index contributed by atoms with van der Waals surface area (Å²) in [7, 11) is 0. The molecule has 0 aliphatic carbocycles. The smallest absolute Gasteiger partial charge is 0.434 e. The van der Waals surface area contributed by atoms with Gasteiger partial charge in [-0.1, -0.05) is 36.5 Å². The summed E-state index contributed by atoms with van der Waals surface area (Å²) in [4.78, 5) is 25.0. The summed E-state index contributed by atoms with van der Waals surface area (Å²) in [5, 5.41) is 7.49. The number of carbonyl (C=O) groups excluding carboxylic acids is 2. The zero-order valence-corrected chi connectivity index (χ0v) is 23.0. The van der Waals surface area contributed by atoms with Crippen molar-refractivity contribution in [2.45, 2.75) is 39.5 Å². The van der Waals surface area contributed by atoms with Crippen molar-refractivity contribution >= 4 is 47.7 Å². The molecule has 4 rings (SSSR count). The van der Waals surface area contributed by atoms with Crippen molar-refractivity contribution in [1.82, 2.24) is 20.2 Å². The number of carbonyl (C=O) groups is 2. The third kappa shape index (κ3) is 6.96. The lowest BCUT2D eigenvalue weighted by molar-refractivity contribution is 0.0743. The molecule has 0 spiro atoms. The molecule has 0 radical (unpaired) electrons. The van der Waals surface area contributed by atoms with Crippen molar-refractivity contribution in [1.29, 1.82) is 0 Å². The second kappa shape index (κ2) is 13.1. The van der Waals surface area contributed by atoms with E-state index in [-0.39, 0.29) is 18.3 Å². The van der Waals surface area contributed by atoms with Crippen molar-refractivity contribution in [3.63, 3.8) is 0 Å². The first-order chi connectivity index (χ1) is 17.4. The topological polar surface area (TPSA) is 85.7 Å². The number of amides is 1. The average molecular weight is 568 g/mol. The Kier molecular flexibility index (Phi) is 10.2. The summed E-state index contributed by atoms with van der Waals surface area (Å²) in [5.41, 5.74) is 5.99. The molecule has 2 heterocycles. The summed E-state index contributed by atoms with van der Waals surface area (Å²) in [6.45, 7) is 5.66. The highest BCUT2D eigenvalue weighted by Gasteiger charge is 2.25. The summed E-state index contributed by atoms with van der Waals surface area (Å²) in [6, 6.07) is 12.0. The molecule has 1 aliphatic rings. The van der Waals surface area contributed by atoms with Gasteiger partial charge in [0.1, 0.15) is 5.75 Å². The highest BCUT2D eigenvalue weighted by molar-refractivity contribution is 6.35. The van der Waals surface area contributed by atoms with E-state index in [1.165, 1.54) is 0 Å². The van der Waals surface area contributed by atoms with E-state index < -0.39 is 6.16 Å². The summed E-state index contributed by atoms with van der Waals surface area (Å²) in [5.74, 6) is 0.0641. The SMILES string of the molecule is CCCOC(=O)Oc1ccc(-c2c(C)c(C(=O)NN3CCCCC3)nn2-c2ccc(Cl)cc2Cl)cc1.Cl. The lowest BCUT2D eigenvalue weighted by atomic mass is 10.1. The Morgan fingerprint density at radius 1 is 1.05 bits per heavy atom. The van der Waals surface area contributed by atoms with Crippen LogP contribution in [0.15, 0.2) is 42.5 Å². The van der Waals surface area contributed by atoms with Crippen LogP contribution in [0.4, 0.5) is 4.79 Å². The van der Waals surface area contributed by atoms with Crippen LogP contribution in [-0.2, 0) is 4.74 Å². The van der Waals surface area contributed by atoms with Crippen LogP contribution in [0, 0.1) is 6.92 Å². The van der Waals surface area contributed by atoms with E-state index in [9.17, 15) is 9.59 Å². The van der Waals surface area contributed by atoms with E-state index in [0.29, 0.717) is 51.5 Å². The molecular formula is C26H29Cl3N4O4. The van der Waals surface area contributed by atoms with Crippen molar-refractivity contribution < 1.29 is 19.1 Å². The fourth-order valence-corrected chi connectivity index (χ4v) is 4.56. The van der Waals surface area contributed by atoms with E-state index in [1.54, 1.807) is 47.1 Å². The van der Waals surface area contributed by atoms with Gasteiger partial charge in [0.05, 0.1) is 23.0 Å². The molecule has 1 aromatic heterocycles. The van der Waals surface area contributed by atoms with E-state index in [4.69, 9.17) is 32.7 Å². The van der Waals surface area contributed by atoms with Crippen LogP contribution in [0.5, 0.6) is 5.75 Å². The molecule has 0 bridgehead atoms. The van der Waals surface area contributed by atoms with Gasteiger partial charge in [0, 0.05) is 29.2 Å². The lowest BCUT2D eigenvalue weighted by Crippen LogP contribution is -2.45. The van der Waals surface area contributed by atoms with Crippen LogP contribution in [-0.4, -0.2) is 46.5 Å². The molecule has 1 fully saturated rings. The predicted octanol–water partition coefficient (Wildman–Crippen LogP) is 6.63. The number of piperidine rings is 1. The van der Waals surface area contributed by atoms with Crippen molar-refractivity contribution in [2.24, 2.45) is 0 Å². The monoisotopic (exact) mass is 566 g/mol. The quantitative estimate of drug-likeness (QED) is 0.255. The third-order valence-corrected chi connectivity index (χ3v) is 6.38. The van der Waals surface area contributed by atoms with Crippen molar-refractivity contribution in [2.75, 3.05) is 19.7 Å². The van der Waals surface area contributed by atoms with E-state index in [1.807, 2.05) is 18.9 Å². The molecular weight excluding hydrogens is 539 g/mol. The molecule has 0 saturated carbocycles. The Hall–Kier alpha value is -2.78. The summed E-state index contributed by atoms with van der Waals surface area (Å²) in [6.07, 6.45) is 3.20. The minimum atomic E-state index is -0.754. The molecule has 11 heteroatoms. The molecule has 3 aromatic rings. The van der Waals surface area contributed by atoms with Gasteiger partial charge in [-0.2, -0.15) is 5.10 Å². The first kappa shape index (κ1) is 28.8. The van der Waals surface area contributed by atoms with Crippen molar-refractivity contribution in [3.8, 4) is 22.7 Å². The zero-order chi connectivity index (χ0) is 25.7. The normalized spacial score (nSPS) is 13.5. The van der Waals surface area contributed by atoms with Gasteiger partial charge in [0.2, 0.25) is 0 Å². The van der Waals surface area contributed by atoms with E-state index >= 15 is 0 Å². The van der Waals surface area contributed by atoms with Gasteiger partial charge in [0.15, 0.2) is 5.69 Å². The number of halogens is 3. The number of hydrogen-bond donors (Lipinski definition) is 1. The van der Waals surface area contributed by atoms with Gasteiger partial charge < -0.3 is 9.47 Å². The standard InChI is InChI=1S/C26H28Cl2N4O4.ClH/c1-3-15-35-26(34)36-20-10-7-18(8-11-20)24-17(2)23(25(33)30-31-13-5-4-6-14-31)29-32(24)22-12-9-19(27)16-21(22)28;/h7-12,16H,3-6,13-15H2,1-2H3,(H,30,33);1H. The van der Waals surface area contributed by atoms with Gasteiger partial charge >= 0.3 is 6.16 Å². The Bertz CT molecular complexity index is 1240. The number of aromatic nitrogens is 2. The Morgan fingerprint density at radius 2 is 1.76 bits per heavy atom. The van der Waals surface area contributed by atoms with Gasteiger partial charge in [-0.15, -0.1) is 12.4 Å². The largest absolute Gasteiger partial charge is 0.513 e. The number of hydrogen-bond acceptors (Lipinski definition) is 6. The van der Waals surface area contributed by atoms with Crippen molar-refractivity contribution in [3.05, 3.63) is 63.8 Å². The Morgan fingerprint density at radius 3 is 2.41 bits per heavy atom. The highest BCUT2D eigenvalue weighted by atomic mass is 35.5. The Balaban J connectivity index is 0.00000380. The van der Waals surface area contributed by atoms with Crippen LogP contribution < -0.4 is 10.2 Å². The van der Waals surface area contributed by atoms with Crippen LogP contribution >= 0.6 is 35.6 Å². The Labute approximate surface area is 232 Å². The molecule has 1 saturated heterocycles. The average Bonchev–Trinajstić information content (AvgIpc) is 3.20. The van der Waals surface area contributed by atoms with Gasteiger partial charge in [0.25, 0.3) is 5.91 Å². The second-order valence-electron chi connectivity index (χ2n) is 8.54. The molecule has 1 N–H and O–H groups in total. The summed E-state index contributed by atoms with van der Waals surface area (Å²) >= 11 is 12.6. The number of benzene rings is 2. The fourth-order valence-electron chi connectivity index (χ4n) is 4.07. The highest BCUT2D eigenvalue weighted by Crippen LogP contribution is 2.33. The molecule has 8 nitrogen and oxygen atoms in total.